The van der Waals surface area contributed by atoms with Crippen LogP contribution in [-0.2, 0) is 10.0 Å². The van der Waals surface area contributed by atoms with E-state index < -0.39 is 10.0 Å². The predicted octanol–water partition coefficient (Wildman–Crippen LogP) is 3.62. The van der Waals surface area contributed by atoms with Gasteiger partial charge in [0.05, 0.1) is 11.1 Å². The maximum absolute atomic E-state index is 12.8. The Kier molecular flexibility index (Phi) is 5.12. The first-order valence-electron chi connectivity index (χ1n) is 8.67. The zero-order valence-electron chi connectivity index (χ0n) is 14.5. The van der Waals surface area contributed by atoms with Gasteiger partial charge in [0.15, 0.2) is 0 Å². The highest BCUT2D eigenvalue weighted by molar-refractivity contribution is 9.10. The standard InChI is InChI=1S/C19H18BrN3O3S/c20-15-5-7-17(8-6-15)27(24,25)23-11-9-16(10-12-23)26-19-18-4-2-1-3-14(18)13-21-22-19/h1-8,13,16H,9-12H2. The van der Waals surface area contributed by atoms with E-state index in [1.54, 1.807) is 30.5 Å². The monoisotopic (exact) mass is 447 g/mol. The summed E-state index contributed by atoms with van der Waals surface area (Å²) in [7, 11) is -3.48. The second-order valence-corrected chi connectivity index (χ2v) is 9.27. The van der Waals surface area contributed by atoms with E-state index in [0.29, 0.717) is 36.7 Å². The van der Waals surface area contributed by atoms with Crippen LogP contribution in [0.2, 0.25) is 0 Å². The summed E-state index contributed by atoms with van der Waals surface area (Å²) in [6.45, 7) is 0.836. The van der Waals surface area contributed by atoms with Crippen LogP contribution < -0.4 is 4.74 Å². The summed E-state index contributed by atoms with van der Waals surface area (Å²) >= 11 is 3.33. The zero-order valence-corrected chi connectivity index (χ0v) is 16.9. The SMILES string of the molecule is O=S(=O)(c1ccc(Br)cc1)N1CCC(Oc2nncc3ccccc23)CC1. The number of rotatable bonds is 4. The molecule has 140 valence electrons. The van der Waals surface area contributed by atoms with Crippen LogP contribution in [0.4, 0.5) is 0 Å². The van der Waals surface area contributed by atoms with Crippen molar-refractivity contribution in [2.24, 2.45) is 0 Å². The number of sulfonamides is 1. The van der Waals surface area contributed by atoms with Crippen molar-refractivity contribution in [2.75, 3.05) is 13.1 Å². The van der Waals surface area contributed by atoms with E-state index in [2.05, 4.69) is 26.1 Å². The highest BCUT2D eigenvalue weighted by atomic mass is 79.9. The number of hydrogen-bond acceptors (Lipinski definition) is 5. The van der Waals surface area contributed by atoms with Gasteiger partial charge in [-0.3, -0.25) is 0 Å². The van der Waals surface area contributed by atoms with E-state index in [-0.39, 0.29) is 6.10 Å². The molecule has 0 unspecified atom stereocenters. The molecule has 0 spiro atoms. The van der Waals surface area contributed by atoms with Crippen molar-refractivity contribution in [1.29, 1.82) is 0 Å². The van der Waals surface area contributed by atoms with Crippen LogP contribution in [0.25, 0.3) is 10.8 Å². The molecule has 2 aromatic carbocycles. The van der Waals surface area contributed by atoms with E-state index in [0.717, 1.165) is 15.2 Å². The maximum atomic E-state index is 12.8. The van der Waals surface area contributed by atoms with E-state index >= 15 is 0 Å². The normalized spacial score (nSPS) is 16.5. The second-order valence-electron chi connectivity index (χ2n) is 6.41. The minimum Gasteiger partial charge on any atom is -0.473 e. The van der Waals surface area contributed by atoms with Crippen LogP contribution in [0, 0.1) is 0 Å². The van der Waals surface area contributed by atoms with Gasteiger partial charge in [-0.1, -0.05) is 34.1 Å². The number of piperidine rings is 1. The van der Waals surface area contributed by atoms with Crippen LogP contribution in [0.3, 0.4) is 0 Å². The number of ether oxygens (including phenoxy) is 1. The summed E-state index contributed by atoms with van der Waals surface area (Å²) in [6, 6.07) is 14.5. The lowest BCUT2D eigenvalue weighted by atomic mass is 10.1. The lowest BCUT2D eigenvalue weighted by Crippen LogP contribution is -2.41. The van der Waals surface area contributed by atoms with Gasteiger partial charge in [-0.05, 0) is 43.2 Å². The summed E-state index contributed by atoms with van der Waals surface area (Å²) in [6.07, 6.45) is 2.85. The zero-order chi connectivity index (χ0) is 18.9. The summed E-state index contributed by atoms with van der Waals surface area (Å²) in [5.74, 6) is 0.502. The van der Waals surface area contributed by atoms with Crippen molar-refractivity contribution < 1.29 is 13.2 Å². The Morgan fingerprint density at radius 2 is 1.74 bits per heavy atom. The van der Waals surface area contributed by atoms with Gasteiger partial charge in [0, 0.05) is 28.3 Å². The molecule has 1 aliphatic heterocycles. The average molecular weight is 448 g/mol. The molecule has 6 nitrogen and oxygen atoms in total. The minimum atomic E-state index is -3.48. The Balaban J connectivity index is 1.45. The molecular formula is C19H18BrN3O3S. The minimum absolute atomic E-state index is 0.0820. The number of benzene rings is 2. The Bertz CT molecular complexity index is 1040. The molecule has 0 bridgehead atoms. The topological polar surface area (TPSA) is 72.4 Å². The third kappa shape index (κ3) is 3.83. The Morgan fingerprint density at radius 3 is 2.48 bits per heavy atom. The van der Waals surface area contributed by atoms with Crippen LogP contribution in [0.5, 0.6) is 5.88 Å². The summed E-state index contributed by atoms with van der Waals surface area (Å²) < 4.78 is 34.0. The fourth-order valence-corrected chi connectivity index (χ4v) is 4.93. The molecule has 0 aliphatic carbocycles. The molecule has 0 saturated carbocycles. The summed E-state index contributed by atoms with van der Waals surface area (Å²) in [5, 5.41) is 9.99. The third-order valence-electron chi connectivity index (χ3n) is 4.67. The molecule has 1 aromatic heterocycles. The molecular weight excluding hydrogens is 430 g/mol. The number of aromatic nitrogens is 2. The van der Waals surface area contributed by atoms with Crippen LogP contribution >= 0.6 is 15.9 Å². The van der Waals surface area contributed by atoms with Crippen molar-refractivity contribution in [3.05, 3.63) is 59.2 Å². The molecule has 3 aromatic rings. The molecule has 27 heavy (non-hydrogen) atoms. The lowest BCUT2D eigenvalue weighted by molar-refractivity contribution is 0.130. The smallest absolute Gasteiger partial charge is 0.243 e. The van der Waals surface area contributed by atoms with Gasteiger partial charge in [-0.15, -0.1) is 5.10 Å². The molecule has 0 amide bonds. The number of hydrogen-bond donors (Lipinski definition) is 0. The molecule has 0 N–H and O–H groups in total. The Hall–Kier alpha value is -2.03. The fraction of sp³-hybridized carbons (Fsp3) is 0.263. The molecule has 0 radical (unpaired) electrons. The van der Waals surface area contributed by atoms with Crippen molar-refractivity contribution in [1.82, 2.24) is 14.5 Å². The van der Waals surface area contributed by atoms with Crippen molar-refractivity contribution in [3.63, 3.8) is 0 Å². The number of halogens is 1. The maximum Gasteiger partial charge on any atom is 0.243 e. The van der Waals surface area contributed by atoms with Crippen LogP contribution in [-0.4, -0.2) is 42.1 Å². The molecule has 0 atom stereocenters. The van der Waals surface area contributed by atoms with Gasteiger partial charge >= 0.3 is 0 Å². The highest BCUT2D eigenvalue weighted by Crippen LogP contribution is 2.27. The largest absolute Gasteiger partial charge is 0.473 e. The van der Waals surface area contributed by atoms with E-state index in [4.69, 9.17) is 4.74 Å². The van der Waals surface area contributed by atoms with E-state index in [1.807, 2.05) is 24.3 Å². The first-order valence-corrected chi connectivity index (χ1v) is 10.9. The van der Waals surface area contributed by atoms with Crippen LogP contribution in [0.15, 0.2) is 64.1 Å². The van der Waals surface area contributed by atoms with E-state index in [9.17, 15) is 8.42 Å². The Labute approximate surface area is 166 Å². The lowest BCUT2D eigenvalue weighted by Gasteiger charge is -2.31. The summed E-state index contributed by atoms with van der Waals surface area (Å²) in [5.41, 5.74) is 0. The third-order valence-corrected chi connectivity index (χ3v) is 7.11. The van der Waals surface area contributed by atoms with Crippen molar-refractivity contribution >= 4 is 36.7 Å². The van der Waals surface area contributed by atoms with Crippen LogP contribution in [0.1, 0.15) is 12.8 Å². The van der Waals surface area contributed by atoms with Gasteiger partial charge in [0.2, 0.25) is 15.9 Å². The highest BCUT2D eigenvalue weighted by Gasteiger charge is 2.30. The first kappa shape index (κ1) is 18.3. The molecule has 2 heterocycles. The summed E-state index contributed by atoms with van der Waals surface area (Å²) in [4.78, 5) is 0.310. The van der Waals surface area contributed by atoms with Gasteiger partial charge in [-0.2, -0.15) is 9.40 Å². The average Bonchev–Trinajstić information content (AvgIpc) is 2.69. The quantitative estimate of drug-likeness (QED) is 0.610. The number of nitrogens with zero attached hydrogens (tertiary/aromatic N) is 3. The van der Waals surface area contributed by atoms with Gasteiger partial charge in [-0.25, -0.2) is 8.42 Å². The molecule has 1 aliphatic rings. The first-order chi connectivity index (χ1) is 13.0. The van der Waals surface area contributed by atoms with Crippen molar-refractivity contribution in [2.45, 2.75) is 23.8 Å². The number of fused-ring (bicyclic) bond motifs is 1. The Morgan fingerprint density at radius 1 is 1.04 bits per heavy atom. The molecule has 8 heteroatoms. The van der Waals surface area contributed by atoms with Gasteiger partial charge in [0.1, 0.15) is 6.10 Å². The van der Waals surface area contributed by atoms with Crippen molar-refractivity contribution in [3.8, 4) is 5.88 Å². The molecule has 1 saturated heterocycles. The fourth-order valence-electron chi connectivity index (χ4n) is 3.19. The van der Waals surface area contributed by atoms with Gasteiger partial charge < -0.3 is 4.74 Å². The molecule has 4 rings (SSSR count). The van der Waals surface area contributed by atoms with E-state index in [1.165, 1.54) is 4.31 Å². The predicted molar refractivity (Wildman–Crippen MR) is 106 cm³/mol. The second kappa shape index (κ2) is 7.53. The molecule has 1 fully saturated rings. The van der Waals surface area contributed by atoms with Gasteiger partial charge in [0.25, 0.3) is 0 Å².